The molecular weight excluding hydrogens is 234 g/mol. The highest BCUT2D eigenvalue weighted by molar-refractivity contribution is 5.46. The Morgan fingerprint density at radius 1 is 1.05 bits per heavy atom. The molecule has 2 aromatic heterocycles. The molecule has 2 aromatic rings. The van der Waals surface area contributed by atoms with Crippen LogP contribution in [0.2, 0.25) is 0 Å². The van der Waals surface area contributed by atoms with Crippen molar-refractivity contribution < 1.29 is 0 Å². The van der Waals surface area contributed by atoms with Crippen LogP contribution in [-0.2, 0) is 12.8 Å². The van der Waals surface area contributed by atoms with E-state index in [2.05, 4.69) is 21.9 Å². The van der Waals surface area contributed by atoms with Crippen molar-refractivity contribution in [1.29, 1.82) is 0 Å². The Bertz CT molecular complexity index is 576. The lowest BCUT2D eigenvalue weighted by Gasteiger charge is -2.13. The van der Waals surface area contributed by atoms with Crippen LogP contribution in [0.25, 0.3) is 5.69 Å². The minimum atomic E-state index is 0.689. The number of hydrogen-bond acceptors (Lipinski definition) is 2. The number of aromatic nitrogens is 3. The first kappa shape index (κ1) is 12.9. The predicted molar refractivity (Wildman–Crippen MR) is 75.7 cm³/mol. The molecule has 3 heteroatoms. The van der Waals surface area contributed by atoms with E-state index in [0.717, 1.165) is 29.7 Å². The lowest BCUT2D eigenvalue weighted by molar-refractivity contribution is 0.824. The molecule has 2 rings (SSSR count). The molecule has 0 aliphatic rings. The molecule has 0 bridgehead atoms. The van der Waals surface area contributed by atoms with E-state index in [0.29, 0.717) is 12.8 Å². The van der Waals surface area contributed by atoms with E-state index in [1.165, 1.54) is 0 Å². The van der Waals surface area contributed by atoms with Gasteiger partial charge in [-0.2, -0.15) is 5.10 Å². The highest BCUT2D eigenvalue weighted by Crippen LogP contribution is 2.20. The van der Waals surface area contributed by atoms with Crippen molar-refractivity contribution in [3.8, 4) is 30.4 Å². The van der Waals surface area contributed by atoms with Gasteiger partial charge in [0.1, 0.15) is 0 Å². The van der Waals surface area contributed by atoms with Crippen LogP contribution in [0.5, 0.6) is 0 Å². The van der Waals surface area contributed by atoms with Gasteiger partial charge in [0.2, 0.25) is 0 Å². The lowest BCUT2D eigenvalue weighted by Crippen LogP contribution is -2.06. The van der Waals surface area contributed by atoms with Crippen molar-refractivity contribution in [3.63, 3.8) is 0 Å². The average molecular weight is 249 g/mol. The Balaban J connectivity index is 2.44. The Hall–Kier alpha value is -2.52. The van der Waals surface area contributed by atoms with Gasteiger partial charge in [0, 0.05) is 37.6 Å². The Morgan fingerprint density at radius 2 is 1.68 bits per heavy atom. The summed E-state index contributed by atoms with van der Waals surface area (Å²) in [5.74, 6) is 5.32. The van der Waals surface area contributed by atoms with Gasteiger partial charge in [-0.3, -0.25) is 4.98 Å². The third kappa shape index (κ3) is 3.03. The molecule has 0 aliphatic heterocycles. The normalized spacial score (nSPS) is 9.79. The second kappa shape index (κ2) is 6.42. The summed E-state index contributed by atoms with van der Waals surface area (Å²) in [7, 11) is 0. The van der Waals surface area contributed by atoms with Crippen LogP contribution in [0.3, 0.4) is 0 Å². The predicted octanol–water partition coefficient (Wildman–Crippen LogP) is 2.40. The van der Waals surface area contributed by atoms with Crippen LogP contribution < -0.4 is 0 Å². The van der Waals surface area contributed by atoms with Gasteiger partial charge in [-0.1, -0.05) is 0 Å². The van der Waals surface area contributed by atoms with Gasteiger partial charge in [0.15, 0.2) is 0 Å². The van der Waals surface area contributed by atoms with E-state index in [1.807, 2.05) is 29.3 Å². The Labute approximate surface area is 113 Å². The van der Waals surface area contributed by atoms with E-state index < -0.39 is 0 Å². The summed E-state index contributed by atoms with van der Waals surface area (Å²) >= 11 is 0. The number of aryl methyl sites for hydroxylation is 2. The van der Waals surface area contributed by atoms with Crippen molar-refractivity contribution in [1.82, 2.24) is 14.8 Å². The van der Waals surface area contributed by atoms with Crippen molar-refractivity contribution in [3.05, 3.63) is 42.0 Å². The van der Waals surface area contributed by atoms with Crippen LogP contribution in [0.4, 0.5) is 0 Å². The van der Waals surface area contributed by atoms with Gasteiger partial charge in [-0.05, 0) is 30.0 Å². The molecule has 0 amide bonds. The van der Waals surface area contributed by atoms with Gasteiger partial charge >= 0.3 is 0 Å². The van der Waals surface area contributed by atoms with Gasteiger partial charge in [-0.15, -0.1) is 24.7 Å². The maximum absolute atomic E-state index is 5.34. The second-order valence-electron chi connectivity index (χ2n) is 4.17. The first-order chi connectivity index (χ1) is 9.36. The summed E-state index contributed by atoms with van der Waals surface area (Å²) in [6.45, 7) is 0. The Morgan fingerprint density at radius 3 is 2.16 bits per heavy atom. The van der Waals surface area contributed by atoms with Crippen molar-refractivity contribution in [2.75, 3.05) is 0 Å². The summed E-state index contributed by atoms with van der Waals surface area (Å²) in [6, 6.07) is 1.90. The molecule has 0 radical (unpaired) electrons. The lowest BCUT2D eigenvalue weighted by atomic mass is 10.0. The van der Waals surface area contributed by atoms with Crippen molar-refractivity contribution in [2.24, 2.45) is 0 Å². The van der Waals surface area contributed by atoms with Crippen LogP contribution >= 0.6 is 0 Å². The van der Waals surface area contributed by atoms with E-state index in [1.54, 1.807) is 6.20 Å². The molecule has 3 nitrogen and oxygen atoms in total. The highest BCUT2D eigenvalue weighted by Gasteiger charge is 2.11. The van der Waals surface area contributed by atoms with Crippen molar-refractivity contribution in [2.45, 2.75) is 25.7 Å². The molecule has 0 spiro atoms. The van der Waals surface area contributed by atoms with E-state index >= 15 is 0 Å². The summed E-state index contributed by atoms with van der Waals surface area (Å²) < 4.78 is 1.86. The molecule has 0 aromatic carbocycles. The molecule has 0 unspecified atom stereocenters. The van der Waals surface area contributed by atoms with E-state index in [-0.39, 0.29) is 0 Å². The number of rotatable bonds is 5. The zero-order chi connectivity index (χ0) is 13.5. The minimum Gasteiger partial charge on any atom is -0.264 e. The van der Waals surface area contributed by atoms with Crippen LogP contribution in [0, 0.1) is 24.7 Å². The zero-order valence-electron chi connectivity index (χ0n) is 10.7. The van der Waals surface area contributed by atoms with Gasteiger partial charge in [0.05, 0.1) is 5.69 Å². The number of nitrogens with zero attached hydrogens (tertiary/aromatic N) is 3. The molecule has 0 N–H and O–H groups in total. The summed E-state index contributed by atoms with van der Waals surface area (Å²) in [6.07, 6.45) is 21.0. The smallest absolute Gasteiger partial charge is 0.0740 e. The average Bonchev–Trinajstić information content (AvgIpc) is 2.96. The molecule has 0 saturated carbocycles. The number of terminal acetylenes is 2. The van der Waals surface area contributed by atoms with Gasteiger partial charge in [0.25, 0.3) is 0 Å². The maximum Gasteiger partial charge on any atom is 0.0740 e. The molecule has 0 aliphatic carbocycles. The minimum absolute atomic E-state index is 0.689. The summed E-state index contributed by atoms with van der Waals surface area (Å²) in [5.41, 5.74) is 3.28. The van der Waals surface area contributed by atoms with Crippen LogP contribution in [0.15, 0.2) is 30.9 Å². The standard InChI is InChI=1S/C16H15N3/c1-3-5-8-14-12-17-13-15(9-6-4-2)16(14)19-11-7-10-18-19/h1-2,7,10-13H,5-6,8-9H2. The van der Waals surface area contributed by atoms with Gasteiger partial charge < -0.3 is 0 Å². The monoisotopic (exact) mass is 249 g/mol. The van der Waals surface area contributed by atoms with E-state index in [9.17, 15) is 0 Å². The molecule has 19 heavy (non-hydrogen) atoms. The largest absolute Gasteiger partial charge is 0.264 e. The van der Waals surface area contributed by atoms with Crippen molar-refractivity contribution >= 4 is 0 Å². The fourth-order valence-electron chi connectivity index (χ4n) is 2.02. The highest BCUT2D eigenvalue weighted by atomic mass is 15.3. The zero-order valence-corrected chi connectivity index (χ0v) is 10.7. The van der Waals surface area contributed by atoms with E-state index in [4.69, 9.17) is 12.8 Å². The maximum atomic E-state index is 5.34. The van der Waals surface area contributed by atoms with Crippen LogP contribution in [0.1, 0.15) is 24.0 Å². The molecule has 0 fully saturated rings. The molecule has 2 heterocycles. The SMILES string of the molecule is C#CCCc1cncc(CCC#C)c1-n1cccn1. The second-order valence-corrected chi connectivity index (χ2v) is 4.17. The van der Waals surface area contributed by atoms with Crippen LogP contribution in [-0.4, -0.2) is 14.8 Å². The first-order valence-electron chi connectivity index (χ1n) is 6.19. The first-order valence-corrected chi connectivity index (χ1v) is 6.19. The molecule has 0 saturated heterocycles. The van der Waals surface area contributed by atoms with Gasteiger partial charge in [-0.25, -0.2) is 4.68 Å². The summed E-state index contributed by atoms with van der Waals surface area (Å²) in [4.78, 5) is 4.28. The molecule has 0 atom stereocenters. The Kier molecular flexibility index (Phi) is 4.37. The number of hydrogen-bond donors (Lipinski definition) is 0. The molecule has 94 valence electrons. The molecular formula is C16H15N3. The fraction of sp³-hybridized carbons (Fsp3) is 0.250. The quantitative estimate of drug-likeness (QED) is 0.762. The third-order valence-electron chi connectivity index (χ3n) is 2.88. The summed E-state index contributed by atoms with van der Waals surface area (Å²) in [5, 5.41) is 4.31. The third-order valence-corrected chi connectivity index (χ3v) is 2.88. The number of pyridine rings is 1. The topological polar surface area (TPSA) is 30.7 Å². The fourth-order valence-corrected chi connectivity index (χ4v) is 2.02.